The quantitative estimate of drug-likeness (QED) is 0.533. The molecule has 0 spiro atoms. The Balaban J connectivity index is 1.81. The summed E-state index contributed by atoms with van der Waals surface area (Å²) in [6, 6.07) is 11.3. The fraction of sp³-hybridized carbons (Fsp3) is 0.304. The molecule has 0 unspecified atom stereocenters. The zero-order valence-corrected chi connectivity index (χ0v) is 17.3. The van der Waals surface area contributed by atoms with E-state index < -0.39 is 23.9 Å². The maximum Gasteiger partial charge on any atom is 0.407 e. The number of H-pyrrole nitrogens is 1. The van der Waals surface area contributed by atoms with Gasteiger partial charge in [-0.25, -0.2) is 9.18 Å². The Morgan fingerprint density at radius 1 is 1.13 bits per heavy atom. The van der Waals surface area contributed by atoms with Crippen LogP contribution >= 0.6 is 0 Å². The normalized spacial score (nSPS) is 12.0. The van der Waals surface area contributed by atoms with Gasteiger partial charge in [0.15, 0.2) is 0 Å². The van der Waals surface area contributed by atoms with Crippen LogP contribution in [-0.2, 0) is 16.0 Å². The molecule has 3 rings (SSSR count). The first-order valence-electron chi connectivity index (χ1n) is 9.89. The van der Waals surface area contributed by atoms with Crippen molar-refractivity contribution < 1.29 is 18.7 Å². The topological polar surface area (TPSA) is 83.2 Å². The van der Waals surface area contributed by atoms with E-state index in [0.717, 1.165) is 16.5 Å². The third-order valence-corrected chi connectivity index (χ3v) is 4.78. The van der Waals surface area contributed by atoms with Crippen LogP contribution in [0.5, 0.6) is 0 Å². The minimum Gasteiger partial charge on any atom is -0.449 e. The number of aromatic amines is 1. The summed E-state index contributed by atoms with van der Waals surface area (Å²) in [7, 11) is 0. The monoisotopic (exact) mass is 411 g/mol. The summed E-state index contributed by atoms with van der Waals surface area (Å²) in [4.78, 5) is 28.4. The van der Waals surface area contributed by atoms with Gasteiger partial charge in [-0.3, -0.25) is 4.79 Å². The van der Waals surface area contributed by atoms with Gasteiger partial charge in [0.2, 0.25) is 5.91 Å². The van der Waals surface area contributed by atoms with Crippen LogP contribution in [0.4, 0.5) is 14.9 Å². The average Bonchev–Trinajstić information content (AvgIpc) is 3.12. The van der Waals surface area contributed by atoms with Gasteiger partial charge in [0.05, 0.1) is 6.61 Å². The molecular formula is C23H26FN3O3. The summed E-state index contributed by atoms with van der Waals surface area (Å²) >= 11 is 0. The zero-order valence-electron chi connectivity index (χ0n) is 17.3. The number of para-hydroxylation sites is 1. The van der Waals surface area contributed by atoms with Crippen LogP contribution in [-0.4, -0.2) is 29.6 Å². The van der Waals surface area contributed by atoms with Crippen molar-refractivity contribution in [3.8, 4) is 0 Å². The molecule has 0 saturated heterocycles. The zero-order chi connectivity index (χ0) is 21.7. The number of hydrogen-bond acceptors (Lipinski definition) is 3. The molecule has 0 aliphatic carbocycles. The Hall–Kier alpha value is -3.35. The lowest BCUT2D eigenvalue weighted by molar-refractivity contribution is -0.118. The number of amides is 2. The number of rotatable bonds is 7. The van der Waals surface area contributed by atoms with Gasteiger partial charge in [-0.15, -0.1) is 0 Å². The third kappa shape index (κ3) is 5.17. The predicted molar refractivity (Wildman–Crippen MR) is 115 cm³/mol. The Kier molecular flexibility index (Phi) is 6.72. The third-order valence-electron chi connectivity index (χ3n) is 4.78. The number of benzene rings is 2. The van der Waals surface area contributed by atoms with Gasteiger partial charge in [0, 0.05) is 34.8 Å². The lowest BCUT2D eigenvalue weighted by Gasteiger charge is -2.19. The second kappa shape index (κ2) is 9.43. The number of ether oxygens (including phenoxy) is 1. The molecule has 2 aromatic carbocycles. The fourth-order valence-corrected chi connectivity index (χ4v) is 3.12. The first-order valence-corrected chi connectivity index (χ1v) is 9.89. The molecule has 0 aliphatic heterocycles. The summed E-state index contributed by atoms with van der Waals surface area (Å²) in [6.45, 7) is 5.69. The van der Waals surface area contributed by atoms with E-state index in [2.05, 4.69) is 15.6 Å². The average molecular weight is 411 g/mol. The number of hydrogen-bond donors (Lipinski definition) is 3. The van der Waals surface area contributed by atoms with E-state index in [1.165, 1.54) is 12.1 Å². The lowest BCUT2D eigenvalue weighted by atomic mass is 10.0. The maximum absolute atomic E-state index is 13.9. The van der Waals surface area contributed by atoms with Gasteiger partial charge < -0.3 is 20.4 Å². The van der Waals surface area contributed by atoms with Crippen LogP contribution in [0.25, 0.3) is 10.9 Å². The molecule has 1 atom stereocenters. The van der Waals surface area contributed by atoms with Crippen molar-refractivity contribution in [1.82, 2.24) is 10.3 Å². The van der Waals surface area contributed by atoms with E-state index in [4.69, 9.17) is 4.74 Å². The molecule has 0 radical (unpaired) electrons. The maximum atomic E-state index is 13.9. The van der Waals surface area contributed by atoms with E-state index in [0.29, 0.717) is 11.3 Å². The van der Waals surface area contributed by atoms with Gasteiger partial charge in [-0.1, -0.05) is 38.1 Å². The van der Waals surface area contributed by atoms with Crippen LogP contribution in [0.15, 0.2) is 48.7 Å². The smallest absolute Gasteiger partial charge is 0.407 e. The van der Waals surface area contributed by atoms with Gasteiger partial charge in [0.25, 0.3) is 0 Å². The molecule has 0 bridgehead atoms. The molecule has 3 aromatic rings. The summed E-state index contributed by atoms with van der Waals surface area (Å²) < 4.78 is 19.0. The first kappa shape index (κ1) is 21.4. The summed E-state index contributed by atoms with van der Waals surface area (Å²) in [5.74, 6) is -0.688. The standard InChI is InChI=1S/C23H26FN3O3/c1-14(2)13-30-23(29)27-21(11-16-12-25-20-9-5-4-7-17(16)20)22(28)26-19-10-6-8-18(24)15(19)3/h4-10,12,14,21,25H,11,13H2,1-3H3,(H,26,28)(H,27,29)/t21-/m0/s1. The molecular weight excluding hydrogens is 385 g/mol. The molecule has 0 aliphatic rings. The van der Waals surface area contributed by atoms with Gasteiger partial charge in [-0.05, 0) is 36.6 Å². The number of halogens is 1. The van der Waals surface area contributed by atoms with Gasteiger partial charge >= 0.3 is 6.09 Å². The van der Waals surface area contributed by atoms with Crippen molar-refractivity contribution in [2.24, 2.45) is 5.92 Å². The molecule has 3 N–H and O–H groups in total. The first-order chi connectivity index (χ1) is 14.3. The summed E-state index contributed by atoms with van der Waals surface area (Å²) in [5.41, 5.74) is 2.52. The largest absolute Gasteiger partial charge is 0.449 e. The number of fused-ring (bicyclic) bond motifs is 1. The molecule has 2 amide bonds. The van der Waals surface area contributed by atoms with E-state index in [9.17, 15) is 14.0 Å². The highest BCUT2D eigenvalue weighted by Gasteiger charge is 2.24. The number of aromatic nitrogens is 1. The Morgan fingerprint density at radius 3 is 2.67 bits per heavy atom. The van der Waals surface area contributed by atoms with Gasteiger partial charge in [0.1, 0.15) is 11.9 Å². The van der Waals surface area contributed by atoms with Crippen LogP contribution in [0.3, 0.4) is 0 Å². The minimum absolute atomic E-state index is 0.173. The molecule has 30 heavy (non-hydrogen) atoms. The molecule has 7 heteroatoms. The van der Waals surface area contributed by atoms with Crippen LogP contribution in [0, 0.1) is 18.7 Å². The Bertz CT molecular complexity index is 1050. The number of carbonyl (C=O) groups is 2. The predicted octanol–water partition coefficient (Wildman–Crippen LogP) is 4.55. The number of carbonyl (C=O) groups excluding carboxylic acids is 2. The SMILES string of the molecule is Cc1c(F)cccc1NC(=O)[C@H](Cc1c[nH]c2ccccc12)NC(=O)OCC(C)C. The van der Waals surface area contributed by atoms with Crippen molar-refractivity contribution >= 4 is 28.6 Å². The number of alkyl carbamates (subject to hydrolysis) is 1. The highest BCUT2D eigenvalue weighted by molar-refractivity contribution is 5.97. The van der Waals surface area contributed by atoms with Crippen molar-refractivity contribution in [3.63, 3.8) is 0 Å². The summed E-state index contributed by atoms with van der Waals surface area (Å²) in [5, 5.41) is 6.34. The molecule has 1 heterocycles. The van der Waals surface area contributed by atoms with Crippen molar-refractivity contribution in [2.45, 2.75) is 33.2 Å². The van der Waals surface area contributed by atoms with Crippen LogP contribution < -0.4 is 10.6 Å². The summed E-state index contributed by atoms with van der Waals surface area (Å²) in [6.07, 6.45) is 1.40. The van der Waals surface area contributed by atoms with E-state index in [1.54, 1.807) is 13.0 Å². The Morgan fingerprint density at radius 2 is 1.90 bits per heavy atom. The molecule has 0 fully saturated rings. The van der Waals surface area contributed by atoms with Crippen LogP contribution in [0.2, 0.25) is 0 Å². The van der Waals surface area contributed by atoms with Crippen LogP contribution in [0.1, 0.15) is 25.0 Å². The van der Waals surface area contributed by atoms with E-state index in [-0.39, 0.29) is 18.9 Å². The van der Waals surface area contributed by atoms with Gasteiger partial charge in [-0.2, -0.15) is 0 Å². The number of anilines is 1. The molecule has 6 nitrogen and oxygen atoms in total. The van der Waals surface area contributed by atoms with Crippen molar-refractivity contribution in [2.75, 3.05) is 11.9 Å². The minimum atomic E-state index is -0.897. The number of nitrogens with one attached hydrogen (secondary N) is 3. The second-order valence-electron chi connectivity index (χ2n) is 7.65. The highest BCUT2D eigenvalue weighted by atomic mass is 19.1. The fourth-order valence-electron chi connectivity index (χ4n) is 3.12. The highest BCUT2D eigenvalue weighted by Crippen LogP contribution is 2.21. The van der Waals surface area contributed by atoms with E-state index in [1.807, 2.05) is 44.3 Å². The van der Waals surface area contributed by atoms with E-state index >= 15 is 0 Å². The molecule has 158 valence electrons. The Labute approximate surface area is 174 Å². The lowest BCUT2D eigenvalue weighted by Crippen LogP contribution is -2.45. The molecule has 0 saturated carbocycles. The molecule has 1 aromatic heterocycles. The second-order valence-corrected chi connectivity index (χ2v) is 7.65. The van der Waals surface area contributed by atoms with Crippen molar-refractivity contribution in [1.29, 1.82) is 0 Å². The van der Waals surface area contributed by atoms with Crippen molar-refractivity contribution in [3.05, 3.63) is 65.6 Å².